The summed E-state index contributed by atoms with van der Waals surface area (Å²) in [6, 6.07) is 3.79. The van der Waals surface area contributed by atoms with Gasteiger partial charge in [-0.15, -0.1) is 0 Å². The molecule has 5 nitrogen and oxygen atoms in total. The molecule has 1 saturated heterocycles. The minimum absolute atomic E-state index is 0.141. The summed E-state index contributed by atoms with van der Waals surface area (Å²) >= 11 is 0. The number of nitrogens with zero attached hydrogens (tertiary/aromatic N) is 3. The van der Waals surface area contributed by atoms with E-state index in [0.29, 0.717) is 5.92 Å². The van der Waals surface area contributed by atoms with Gasteiger partial charge in [-0.2, -0.15) is 0 Å². The summed E-state index contributed by atoms with van der Waals surface area (Å²) in [6.07, 6.45) is 10.8. The number of carbonyl (C=O) groups excluding carboxylic acids is 1. The Balaban J connectivity index is 1.57. The van der Waals surface area contributed by atoms with Gasteiger partial charge < -0.3 is 14.8 Å². The lowest BCUT2D eigenvalue weighted by molar-refractivity contribution is 0.0748. The van der Waals surface area contributed by atoms with Gasteiger partial charge in [-0.05, 0) is 49.8 Å². The number of rotatable bonds is 7. The fraction of sp³-hybridized carbons (Fsp3) is 0.727. The van der Waals surface area contributed by atoms with Gasteiger partial charge in [0.1, 0.15) is 5.82 Å². The normalized spacial score (nSPS) is 19.9. The molecular formula is C22H37N4OSi. The van der Waals surface area contributed by atoms with E-state index in [1.54, 1.807) is 6.20 Å². The molecule has 6 heteroatoms. The monoisotopic (exact) mass is 401 g/mol. The first-order valence-electron chi connectivity index (χ1n) is 11.1. The Morgan fingerprint density at radius 2 is 2.07 bits per heavy atom. The molecular weight excluding hydrogens is 364 g/mol. The van der Waals surface area contributed by atoms with Crippen LogP contribution < -0.4 is 5.32 Å². The van der Waals surface area contributed by atoms with Crippen LogP contribution >= 0.6 is 0 Å². The van der Waals surface area contributed by atoms with E-state index in [9.17, 15) is 4.79 Å². The minimum atomic E-state index is -0.673. The van der Waals surface area contributed by atoms with E-state index in [1.807, 2.05) is 12.1 Å². The molecule has 1 saturated carbocycles. The fourth-order valence-electron chi connectivity index (χ4n) is 4.36. The molecule has 0 unspecified atom stereocenters. The Bertz CT molecular complexity index is 633. The van der Waals surface area contributed by atoms with Crippen molar-refractivity contribution in [2.45, 2.75) is 58.9 Å². The van der Waals surface area contributed by atoms with Crippen LogP contribution in [0.5, 0.6) is 0 Å². The maximum absolute atomic E-state index is 13.2. The zero-order chi connectivity index (χ0) is 19.9. The third kappa shape index (κ3) is 5.80. The molecule has 28 heavy (non-hydrogen) atoms. The van der Waals surface area contributed by atoms with Crippen LogP contribution in [0, 0.1) is 11.8 Å². The van der Waals surface area contributed by atoms with Crippen LogP contribution in [-0.4, -0.2) is 61.7 Å². The van der Waals surface area contributed by atoms with Crippen molar-refractivity contribution >= 4 is 20.7 Å². The number of hydrogen-bond donors (Lipinski definition) is 1. The maximum atomic E-state index is 13.2. The molecule has 1 radical (unpaired) electrons. The summed E-state index contributed by atoms with van der Waals surface area (Å²) in [5.41, 5.74) is 0.724. The molecule has 1 amide bonds. The third-order valence-corrected chi connectivity index (χ3v) is 8.47. The van der Waals surface area contributed by atoms with Crippen LogP contribution in [0.25, 0.3) is 0 Å². The molecule has 0 bridgehead atoms. The van der Waals surface area contributed by atoms with Crippen LogP contribution in [-0.2, 0) is 0 Å². The van der Waals surface area contributed by atoms with E-state index in [1.165, 1.54) is 38.6 Å². The summed E-state index contributed by atoms with van der Waals surface area (Å²) in [5.74, 6) is 2.40. The SMILES string of the molecule is CC(C)CCNc1ncccc1C(=O)N1CCN(CC2CCCCC2)[Si](C)C1. The highest BCUT2D eigenvalue weighted by Gasteiger charge is 2.31. The van der Waals surface area contributed by atoms with E-state index in [2.05, 4.69) is 40.2 Å². The molecule has 3 rings (SSSR count). The molecule has 0 aromatic carbocycles. The van der Waals surface area contributed by atoms with Crippen molar-refractivity contribution in [2.75, 3.05) is 37.7 Å². The topological polar surface area (TPSA) is 48.5 Å². The molecule has 2 fully saturated rings. The molecule has 1 N–H and O–H groups in total. The second kappa shape index (κ2) is 10.4. The van der Waals surface area contributed by atoms with E-state index >= 15 is 0 Å². The van der Waals surface area contributed by atoms with Crippen molar-refractivity contribution in [1.82, 2.24) is 14.4 Å². The number of nitrogens with one attached hydrogen (secondary N) is 1. The molecule has 1 aliphatic heterocycles. The second-order valence-corrected chi connectivity index (χ2v) is 11.3. The first-order valence-corrected chi connectivity index (χ1v) is 13.3. The summed E-state index contributed by atoms with van der Waals surface area (Å²) in [4.78, 5) is 19.7. The number of anilines is 1. The van der Waals surface area contributed by atoms with Gasteiger partial charge in [-0.25, -0.2) is 4.98 Å². The molecule has 0 atom stereocenters. The summed E-state index contributed by atoms with van der Waals surface area (Å²) < 4.78 is 2.70. The number of aromatic nitrogens is 1. The summed E-state index contributed by atoms with van der Waals surface area (Å²) in [5, 5.41) is 3.38. The highest BCUT2D eigenvalue weighted by molar-refractivity contribution is 6.55. The highest BCUT2D eigenvalue weighted by atomic mass is 28.3. The molecule has 2 heterocycles. The van der Waals surface area contributed by atoms with Gasteiger partial charge in [0.25, 0.3) is 5.91 Å². The van der Waals surface area contributed by atoms with Crippen LogP contribution in [0.1, 0.15) is 62.7 Å². The van der Waals surface area contributed by atoms with Crippen LogP contribution in [0.3, 0.4) is 0 Å². The summed E-state index contributed by atoms with van der Waals surface area (Å²) in [6.45, 7) is 10.8. The zero-order valence-corrected chi connectivity index (χ0v) is 18.9. The van der Waals surface area contributed by atoms with Gasteiger partial charge in [0.15, 0.2) is 8.96 Å². The van der Waals surface area contributed by atoms with Gasteiger partial charge in [0, 0.05) is 32.0 Å². The number of hydrogen-bond acceptors (Lipinski definition) is 4. The first kappa shape index (κ1) is 21.3. The van der Waals surface area contributed by atoms with Gasteiger partial charge in [0.05, 0.1) is 5.56 Å². The average molecular weight is 402 g/mol. The molecule has 2 aliphatic rings. The molecule has 1 aromatic rings. The minimum Gasteiger partial charge on any atom is -0.369 e. The predicted octanol–water partition coefficient (Wildman–Crippen LogP) is 4.04. The Morgan fingerprint density at radius 3 is 2.79 bits per heavy atom. The lowest BCUT2D eigenvalue weighted by atomic mass is 9.89. The third-order valence-electron chi connectivity index (χ3n) is 6.14. The Morgan fingerprint density at radius 1 is 1.29 bits per heavy atom. The van der Waals surface area contributed by atoms with E-state index in [-0.39, 0.29) is 5.91 Å². The van der Waals surface area contributed by atoms with Crippen molar-refractivity contribution in [3.05, 3.63) is 23.9 Å². The lowest BCUT2D eigenvalue weighted by Gasteiger charge is -2.41. The van der Waals surface area contributed by atoms with Crippen LogP contribution in [0.2, 0.25) is 6.55 Å². The standard InChI is InChI=1S/C22H37N4OSi/c1-18(2)11-13-24-21-20(10-7-12-23-21)22(27)25-14-15-26(28(3)17-25)16-19-8-5-4-6-9-19/h7,10,12,18-19H,4-6,8-9,11,13-17H2,1-3H3,(H,23,24). The summed E-state index contributed by atoms with van der Waals surface area (Å²) in [7, 11) is -0.673. The van der Waals surface area contributed by atoms with Crippen molar-refractivity contribution in [3.8, 4) is 0 Å². The van der Waals surface area contributed by atoms with Gasteiger partial charge in [-0.3, -0.25) is 4.79 Å². The Hall–Kier alpha value is -1.40. The molecule has 1 aliphatic carbocycles. The maximum Gasteiger partial charge on any atom is 0.257 e. The van der Waals surface area contributed by atoms with Crippen molar-refractivity contribution in [3.63, 3.8) is 0 Å². The van der Waals surface area contributed by atoms with Gasteiger partial charge in [0.2, 0.25) is 0 Å². The van der Waals surface area contributed by atoms with Crippen molar-refractivity contribution in [2.24, 2.45) is 11.8 Å². The van der Waals surface area contributed by atoms with E-state index < -0.39 is 8.96 Å². The predicted molar refractivity (Wildman–Crippen MR) is 118 cm³/mol. The van der Waals surface area contributed by atoms with Crippen molar-refractivity contribution < 1.29 is 4.79 Å². The quantitative estimate of drug-likeness (QED) is 0.701. The van der Waals surface area contributed by atoms with E-state index in [4.69, 9.17) is 0 Å². The van der Waals surface area contributed by atoms with Crippen LogP contribution in [0.15, 0.2) is 18.3 Å². The second-order valence-electron chi connectivity index (χ2n) is 8.92. The number of amides is 1. The molecule has 1 aromatic heterocycles. The fourth-order valence-corrected chi connectivity index (χ4v) is 6.46. The zero-order valence-electron chi connectivity index (χ0n) is 17.9. The molecule has 0 spiro atoms. The smallest absolute Gasteiger partial charge is 0.257 e. The average Bonchev–Trinajstić information content (AvgIpc) is 2.70. The van der Waals surface area contributed by atoms with Gasteiger partial charge >= 0.3 is 0 Å². The molecule has 155 valence electrons. The van der Waals surface area contributed by atoms with Crippen molar-refractivity contribution in [1.29, 1.82) is 0 Å². The highest BCUT2D eigenvalue weighted by Crippen LogP contribution is 2.25. The Kier molecular flexibility index (Phi) is 7.91. The lowest BCUT2D eigenvalue weighted by Crippen LogP contribution is -2.57. The van der Waals surface area contributed by atoms with Crippen LogP contribution in [0.4, 0.5) is 5.82 Å². The first-order chi connectivity index (χ1) is 13.5. The largest absolute Gasteiger partial charge is 0.369 e. The van der Waals surface area contributed by atoms with Gasteiger partial charge in [-0.1, -0.05) is 39.7 Å². The van der Waals surface area contributed by atoms with E-state index in [0.717, 1.165) is 49.5 Å². The number of pyridine rings is 1. The Labute approximate surface area is 172 Å². The number of carbonyl (C=O) groups is 1.